The average molecular weight is 326 g/mol. The number of carbonyl (C=O) groups excluding carboxylic acids is 1. The number of halogens is 1. The number of amides is 1. The minimum Gasteiger partial charge on any atom is -0.399 e. The van der Waals surface area contributed by atoms with Crippen LogP contribution >= 0.6 is 15.9 Å². The van der Waals surface area contributed by atoms with Crippen molar-refractivity contribution in [2.24, 2.45) is 0 Å². The van der Waals surface area contributed by atoms with Crippen LogP contribution in [-0.4, -0.2) is 47.9 Å². The van der Waals surface area contributed by atoms with E-state index in [0.717, 1.165) is 30.7 Å². The second-order valence-corrected chi connectivity index (χ2v) is 6.11. The van der Waals surface area contributed by atoms with E-state index < -0.39 is 0 Å². The quantitative estimate of drug-likeness (QED) is 0.848. The normalized spacial score (nSPS) is 16.9. The number of nitrogens with two attached hydrogens (primary N) is 1. The van der Waals surface area contributed by atoms with Gasteiger partial charge in [0, 0.05) is 47.9 Å². The summed E-state index contributed by atoms with van der Waals surface area (Å²) < 4.78 is 0.844. The van der Waals surface area contributed by atoms with Crippen molar-refractivity contribution < 1.29 is 4.79 Å². The standard InChI is InChI=1S/C14H20BrN3O/c1-10(2)17-3-5-18(6-4-17)14(19)11-7-12(15)9-13(16)8-11/h7-10H,3-6,16H2,1-2H3. The van der Waals surface area contributed by atoms with Gasteiger partial charge in [-0.2, -0.15) is 0 Å². The average Bonchev–Trinajstić information content (AvgIpc) is 2.37. The molecule has 1 amide bonds. The van der Waals surface area contributed by atoms with Gasteiger partial charge >= 0.3 is 0 Å². The second-order valence-electron chi connectivity index (χ2n) is 5.20. The number of piperazine rings is 1. The fourth-order valence-electron chi connectivity index (χ4n) is 2.36. The molecule has 1 aliphatic rings. The Morgan fingerprint density at radius 1 is 1.21 bits per heavy atom. The number of nitrogen functional groups attached to an aromatic ring is 1. The van der Waals surface area contributed by atoms with Gasteiger partial charge in [0.25, 0.3) is 5.91 Å². The fourth-order valence-corrected chi connectivity index (χ4v) is 2.87. The van der Waals surface area contributed by atoms with Gasteiger partial charge < -0.3 is 10.6 Å². The van der Waals surface area contributed by atoms with Gasteiger partial charge in [-0.25, -0.2) is 0 Å². The van der Waals surface area contributed by atoms with Crippen molar-refractivity contribution in [1.29, 1.82) is 0 Å². The number of anilines is 1. The van der Waals surface area contributed by atoms with Gasteiger partial charge in [0.1, 0.15) is 0 Å². The van der Waals surface area contributed by atoms with Crippen molar-refractivity contribution in [3.63, 3.8) is 0 Å². The molecule has 0 radical (unpaired) electrons. The molecule has 0 aliphatic carbocycles. The number of nitrogens with zero attached hydrogens (tertiary/aromatic N) is 2. The van der Waals surface area contributed by atoms with E-state index in [9.17, 15) is 4.79 Å². The monoisotopic (exact) mass is 325 g/mol. The number of rotatable bonds is 2. The molecular weight excluding hydrogens is 306 g/mol. The van der Waals surface area contributed by atoms with Gasteiger partial charge in [0.05, 0.1) is 0 Å². The molecule has 0 aromatic heterocycles. The lowest BCUT2D eigenvalue weighted by Crippen LogP contribution is -2.50. The van der Waals surface area contributed by atoms with Crippen molar-refractivity contribution in [2.45, 2.75) is 19.9 Å². The lowest BCUT2D eigenvalue weighted by atomic mass is 10.1. The van der Waals surface area contributed by atoms with Gasteiger partial charge in [-0.15, -0.1) is 0 Å². The van der Waals surface area contributed by atoms with E-state index in [1.807, 2.05) is 11.0 Å². The molecule has 2 N–H and O–H groups in total. The van der Waals surface area contributed by atoms with Gasteiger partial charge in [0.15, 0.2) is 0 Å². The third-order valence-electron chi connectivity index (χ3n) is 3.50. The van der Waals surface area contributed by atoms with Crippen LogP contribution in [0.2, 0.25) is 0 Å². The van der Waals surface area contributed by atoms with E-state index in [0.29, 0.717) is 17.3 Å². The van der Waals surface area contributed by atoms with Crippen LogP contribution in [0.5, 0.6) is 0 Å². The molecule has 2 rings (SSSR count). The summed E-state index contributed by atoms with van der Waals surface area (Å²) in [4.78, 5) is 16.7. The first-order valence-electron chi connectivity index (χ1n) is 6.57. The van der Waals surface area contributed by atoms with Crippen LogP contribution in [-0.2, 0) is 0 Å². The molecule has 1 fully saturated rings. The smallest absolute Gasteiger partial charge is 0.254 e. The summed E-state index contributed by atoms with van der Waals surface area (Å²) in [6.45, 7) is 7.81. The molecule has 1 aromatic carbocycles. The van der Waals surface area contributed by atoms with E-state index >= 15 is 0 Å². The third-order valence-corrected chi connectivity index (χ3v) is 3.96. The van der Waals surface area contributed by atoms with Crippen molar-refractivity contribution >= 4 is 27.5 Å². The maximum atomic E-state index is 12.4. The van der Waals surface area contributed by atoms with E-state index in [4.69, 9.17) is 5.73 Å². The van der Waals surface area contributed by atoms with Crippen LogP contribution in [0.15, 0.2) is 22.7 Å². The molecule has 4 nitrogen and oxygen atoms in total. The maximum absolute atomic E-state index is 12.4. The van der Waals surface area contributed by atoms with E-state index in [-0.39, 0.29) is 5.91 Å². The molecule has 1 aliphatic heterocycles. The summed E-state index contributed by atoms with van der Waals surface area (Å²) in [5.74, 6) is 0.0661. The summed E-state index contributed by atoms with van der Waals surface area (Å²) >= 11 is 3.37. The predicted molar refractivity (Wildman–Crippen MR) is 81.2 cm³/mol. The van der Waals surface area contributed by atoms with Crippen molar-refractivity contribution in [1.82, 2.24) is 9.80 Å². The SMILES string of the molecule is CC(C)N1CCN(C(=O)c2cc(N)cc(Br)c2)CC1. The minimum atomic E-state index is 0.0661. The number of benzene rings is 1. The predicted octanol–water partition coefficient (Wildman–Crippen LogP) is 2.20. The number of carbonyl (C=O) groups is 1. The maximum Gasteiger partial charge on any atom is 0.254 e. The Hall–Kier alpha value is -1.07. The molecule has 0 saturated carbocycles. The Balaban J connectivity index is 2.05. The number of hydrogen-bond donors (Lipinski definition) is 1. The molecule has 0 atom stereocenters. The molecule has 1 aromatic rings. The second kappa shape index (κ2) is 5.92. The molecule has 0 bridgehead atoms. The first-order valence-corrected chi connectivity index (χ1v) is 7.36. The summed E-state index contributed by atoms with van der Waals surface area (Å²) in [6, 6.07) is 5.90. The van der Waals surface area contributed by atoms with Gasteiger partial charge in [-0.1, -0.05) is 15.9 Å². The van der Waals surface area contributed by atoms with Crippen LogP contribution in [0.3, 0.4) is 0 Å². The molecular formula is C14H20BrN3O. The summed E-state index contributed by atoms with van der Waals surface area (Å²) in [5.41, 5.74) is 7.05. The van der Waals surface area contributed by atoms with Crippen LogP contribution in [0.4, 0.5) is 5.69 Å². The Morgan fingerprint density at radius 2 is 1.84 bits per heavy atom. The Morgan fingerprint density at radius 3 is 2.37 bits per heavy atom. The highest BCUT2D eigenvalue weighted by atomic mass is 79.9. The summed E-state index contributed by atoms with van der Waals surface area (Å²) in [7, 11) is 0. The summed E-state index contributed by atoms with van der Waals surface area (Å²) in [5, 5.41) is 0. The molecule has 5 heteroatoms. The zero-order chi connectivity index (χ0) is 14.0. The lowest BCUT2D eigenvalue weighted by molar-refractivity contribution is 0.0595. The van der Waals surface area contributed by atoms with Crippen molar-refractivity contribution in [3.8, 4) is 0 Å². The summed E-state index contributed by atoms with van der Waals surface area (Å²) in [6.07, 6.45) is 0. The van der Waals surface area contributed by atoms with E-state index in [1.54, 1.807) is 12.1 Å². The van der Waals surface area contributed by atoms with Crippen molar-refractivity contribution in [2.75, 3.05) is 31.9 Å². The van der Waals surface area contributed by atoms with Gasteiger partial charge in [-0.3, -0.25) is 9.69 Å². The van der Waals surface area contributed by atoms with Crippen LogP contribution in [0, 0.1) is 0 Å². The van der Waals surface area contributed by atoms with E-state index in [1.165, 1.54) is 0 Å². The molecule has 104 valence electrons. The zero-order valence-corrected chi connectivity index (χ0v) is 13.0. The highest BCUT2D eigenvalue weighted by Crippen LogP contribution is 2.19. The first kappa shape index (κ1) is 14.3. The highest BCUT2D eigenvalue weighted by molar-refractivity contribution is 9.10. The first-order chi connectivity index (χ1) is 8.97. The van der Waals surface area contributed by atoms with Gasteiger partial charge in [-0.05, 0) is 32.0 Å². The topological polar surface area (TPSA) is 49.6 Å². The largest absolute Gasteiger partial charge is 0.399 e. The van der Waals surface area contributed by atoms with Crippen LogP contribution < -0.4 is 5.73 Å². The van der Waals surface area contributed by atoms with Crippen molar-refractivity contribution in [3.05, 3.63) is 28.2 Å². The van der Waals surface area contributed by atoms with Crippen LogP contribution in [0.1, 0.15) is 24.2 Å². The zero-order valence-electron chi connectivity index (χ0n) is 11.4. The Bertz CT molecular complexity index is 448. The van der Waals surface area contributed by atoms with Gasteiger partial charge in [0.2, 0.25) is 0 Å². The lowest BCUT2D eigenvalue weighted by Gasteiger charge is -2.37. The number of hydrogen-bond acceptors (Lipinski definition) is 3. The molecule has 0 spiro atoms. The molecule has 19 heavy (non-hydrogen) atoms. The van der Waals surface area contributed by atoms with E-state index in [2.05, 4.69) is 34.7 Å². The van der Waals surface area contributed by atoms with Crippen LogP contribution in [0.25, 0.3) is 0 Å². The molecule has 1 heterocycles. The Kier molecular flexibility index (Phi) is 4.47. The molecule has 0 unspecified atom stereocenters. The minimum absolute atomic E-state index is 0.0661. The Labute approximate surface area is 122 Å². The third kappa shape index (κ3) is 3.48. The highest BCUT2D eigenvalue weighted by Gasteiger charge is 2.23. The fraction of sp³-hybridized carbons (Fsp3) is 0.500. The molecule has 1 saturated heterocycles.